The van der Waals surface area contributed by atoms with Gasteiger partial charge in [0, 0.05) is 12.7 Å². The van der Waals surface area contributed by atoms with Crippen LogP contribution in [0.5, 0.6) is 5.75 Å². The maximum atomic E-state index is 12.6. The number of benzene rings is 1. The number of alkyl halides is 3. The van der Waals surface area contributed by atoms with E-state index in [2.05, 4.69) is 15.5 Å². The number of nitrogens with one attached hydrogen (secondary N) is 1. The molecule has 1 unspecified atom stereocenters. The van der Waals surface area contributed by atoms with Crippen molar-refractivity contribution in [1.29, 1.82) is 0 Å². The number of aromatic nitrogens is 2. The maximum absolute atomic E-state index is 12.6. The van der Waals surface area contributed by atoms with E-state index < -0.39 is 23.4 Å². The van der Waals surface area contributed by atoms with E-state index in [1.54, 1.807) is 13.0 Å². The Morgan fingerprint density at radius 2 is 2.04 bits per heavy atom. The Morgan fingerprint density at radius 3 is 2.59 bits per heavy atom. The third-order valence-electron chi connectivity index (χ3n) is 4.29. The lowest BCUT2D eigenvalue weighted by Gasteiger charge is -2.27. The fourth-order valence-electron chi connectivity index (χ4n) is 2.60. The molecule has 1 aliphatic rings. The van der Waals surface area contributed by atoms with Crippen molar-refractivity contribution in [2.45, 2.75) is 44.6 Å². The minimum Gasteiger partial charge on any atom is -0.465 e. The van der Waals surface area contributed by atoms with Gasteiger partial charge < -0.3 is 9.47 Å². The van der Waals surface area contributed by atoms with Crippen LogP contribution in [-0.2, 0) is 10.9 Å². The van der Waals surface area contributed by atoms with Crippen LogP contribution in [0.3, 0.4) is 0 Å². The molecule has 0 saturated heterocycles. The van der Waals surface area contributed by atoms with Crippen LogP contribution in [0.1, 0.15) is 53.0 Å². The Hall–Kier alpha value is -2.20. The quantitative estimate of drug-likeness (QED) is 0.724. The number of ether oxygens (including phenoxy) is 2. The highest BCUT2D eigenvalue weighted by molar-refractivity contribution is 7.15. The van der Waals surface area contributed by atoms with E-state index in [4.69, 9.17) is 9.47 Å². The van der Waals surface area contributed by atoms with Crippen molar-refractivity contribution in [2.75, 3.05) is 12.4 Å². The van der Waals surface area contributed by atoms with Crippen LogP contribution in [-0.4, -0.2) is 29.5 Å². The maximum Gasteiger partial charge on any atom is 0.445 e. The number of hydrogen-bond donors (Lipinski definition) is 1. The first-order valence-electron chi connectivity index (χ1n) is 8.32. The van der Waals surface area contributed by atoms with Crippen molar-refractivity contribution < 1.29 is 27.4 Å². The Labute approximate surface area is 157 Å². The minimum atomic E-state index is -4.60. The average molecular weight is 401 g/mol. The van der Waals surface area contributed by atoms with Crippen LogP contribution >= 0.6 is 11.3 Å². The number of anilines is 1. The minimum absolute atomic E-state index is 0.214. The number of nitrogens with zero attached hydrogens (tertiary/aromatic N) is 2. The van der Waals surface area contributed by atoms with Gasteiger partial charge in [-0.05, 0) is 49.4 Å². The van der Waals surface area contributed by atoms with Crippen LogP contribution in [0.2, 0.25) is 0 Å². The predicted octanol–water partition coefficient (Wildman–Crippen LogP) is 4.45. The van der Waals surface area contributed by atoms with E-state index in [0.29, 0.717) is 11.7 Å². The number of carbonyl (C=O) groups is 1. The molecule has 27 heavy (non-hydrogen) atoms. The van der Waals surface area contributed by atoms with Crippen molar-refractivity contribution in [3.05, 3.63) is 34.3 Å². The molecule has 146 valence electrons. The summed E-state index contributed by atoms with van der Waals surface area (Å²) < 4.78 is 48.6. The summed E-state index contributed by atoms with van der Waals surface area (Å²) in [6.45, 7) is 1.72. The van der Waals surface area contributed by atoms with Gasteiger partial charge in [-0.1, -0.05) is 17.8 Å². The summed E-state index contributed by atoms with van der Waals surface area (Å²) in [5, 5.41) is 7.48. The number of carbonyl (C=O) groups excluding carboxylic acids is 1. The lowest BCUT2D eigenvalue weighted by atomic mass is 9.79. The van der Waals surface area contributed by atoms with Gasteiger partial charge in [0.2, 0.25) is 10.1 Å². The SMILES string of the molecule is COC(C)Oc1cc(C(=O)Nc2nnc(C(F)(F)F)s2)cc(C2CCC2)c1. The molecule has 1 amide bonds. The molecule has 1 aromatic heterocycles. The molecule has 1 heterocycles. The van der Waals surface area contributed by atoms with E-state index in [-0.39, 0.29) is 22.0 Å². The highest BCUT2D eigenvalue weighted by Crippen LogP contribution is 2.38. The van der Waals surface area contributed by atoms with Gasteiger partial charge in [-0.3, -0.25) is 10.1 Å². The lowest BCUT2D eigenvalue weighted by molar-refractivity contribution is -0.138. The molecule has 1 N–H and O–H groups in total. The zero-order valence-electron chi connectivity index (χ0n) is 14.7. The molecule has 2 aromatic rings. The second-order valence-electron chi connectivity index (χ2n) is 6.20. The average Bonchev–Trinajstić information content (AvgIpc) is 3.01. The van der Waals surface area contributed by atoms with E-state index in [1.807, 2.05) is 6.07 Å². The van der Waals surface area contributed by atoms with Crippen molar-refractivity contribution in [3.63, 3.8) is 0 Å². The van der Waals surface area contributed by atoms with Crippen LogP contribution in [0.25, 0.3) is 0 Å². The topological polar surface area (TPSA) is 73.3 Å². The zero-order valence-corrected chi connectivity index (χ0v) is 15.5. The number of methoxy groups -OCH3 is 1. The molecular weight excluding hydrogens is 383 g/mol. The number of halogens is 3. The van der Waals surface area contributed by atoms with E-state index in [1.165, 1.54) is 13.2 Å². The second-order valence-corrected chi connectivity index (χ2v) is 7.18. The molecule has 0 aliphatic heterocycles. The standard InChI is InChI=1S/C17H18F3N3O3S/c1-9(25-2)26-13-7-11(10-4-3-5-10)6-12(8-13)14(24)21-16-23-22-15(27-16)17(18,19)20/h6-10H,3-5H2,1-2H3,(H,21,23,24). The van der Waals surface area contributed by atoms with Gasteiger partial charge >= 0.3 is 6.18 Å². The van der Waals surface area contributed by atoms with Gasteiger partial charge in [0.05, 0.1) is 0 Å². The first-order chi connectivity index (χ1) is 12.8. The molecule has 1 atom stereocenters. The van der Waals surface area contributed by atoms with Gasteiger partial charge in [-0.15, -0.1) is 10.2 Å². The monoisotopic (exact) mass is 401 g/mol. The van der Waals surface area contributed by atoms with E-state index in [9.17, 15) is 18.0 Å². The van der Waals surface area contributed by atoms with Gasteiger partial charge in [0.15, 0.2) is 6.29 Å². The molecule has 1 aliphatic carbocycles. The zero-order chi connectivity index (χ0) is 19.6. The molecule has 6 nitrogen and oxygen atoms in total. The van der Waals surface area contributed by atoms with E-state index in [0.717, 1.165) is 24.8 Å². The number of hydrogen-bond acceptors (Lipinski definition) is 6. The summed E-state index contributed by atoms with van der Waals surface area (Å²) in [6.07, 6.45) is -1.93. The Bertz CT molecular complexity index is 821. The molecule has 3 rings (SSSR count). The summed E-state index contributed by atoms with van der Waals surface area (Å²) in [4.78, 5) is 12.5. The molecule has 0 spiro atoms. The molecule has 10 heteroatoms. The number of rotatable bonds is 6. The van der Waals surface area contributed by atoms with Crippen LogP contribution < -0.4 is 10.1 Å². The summed E-state index contributed by atoms with van der Waals surface area (Å²) >= 11 is 0.277. The summed E-state index contributed by atoms with van der Waals surface area (Å²) in [7, 11) is 1.50. The lowest BCUT2D eigenvalue weighted by Crippen LogP contribution is -2.17. The largest absolute Gasteiger partial charge is 0.465 e. The second kappa shape index (κ2) is 7.81. The third kappa shape index (κ3) is 4.75. The fraction of sp³-hybridized carbons (Fsp3) is 0.471. The Balaban J connectivity index is 1.82. The fourth-order valence-corrected chi connectivity index (χ4v) is 3.20. The first-order valence-corrected chi connectivity index (χ1v) is 9.14. The smallest absolute Gasteiger partial charge is 0.445 e. The highest BCUT2D eigenvalue weighted by Gasteiger charge is 2.36. The molecular formula is C17H18F3N3O3S. The third-order valence-corrected chi connectivity index (χ3v) is 5.17. The summed E-state index contributed by atoms with van der Waals surface area (Å²) in [5.74, 6) is 0.236. The van der Waals surface area contributed by atoms with Crippen LogP contribution in [0.4, 0.5) is 18.3 Å². The Kier molecular flexibility index (Phi) is 5.66. The number of amides is 1. The van der Waals surface area contributed by atoms with Crippen molar-refractivity contribution in [3.8, 4) is 5.75 Å². The van der Waals surface area contributed by atoms with Crippen molar-refractivity contribution >= 4 is 22.4 Å². The molecule has 1 aromatic carbocycles. The summed E-state index contributed by atoms with van der Waals surface area (Å²) in [6, 6.07) is 5.12. The van der Waals surface area contributed by atoms with Gasteiger partial charge in [0.1, 0.15) is 5.75 Å². The van der Waals surface area contributed by atoms with Gasteiger partial charge in [-0.25, -0.2) is 0 Å². The molecule has 0 radical (unpaired) electrons. The molecule has 1 fully saturated rings. The molecule has 0 bridgehead atoms. The predicted molar refractivity (Wildman–Crippen MR) is 93.0 cm³/mol. The van der Waals surface area contributed by atoms with Crippen molar-refractivity contribution in [1.82, 2.24) is 10.2 Å². The van der Waals surface area contributed by atoms with Crippen molar-refractivity contribution in [2.24, 2.45) is 0 Å². The van der Waals surface area contributed by atoms with Crippen LogP contribution in [0.15, 0.2) is 18.2 Å². The normalized spacial score (nSPS) is 15.9. The Morgan fingerprint density at radius 1 is 1.30 bits per heavy atom. The van der Waals surface area contributed by atoms with Crippen LogP contribution in [0, 0.1) is 0 Å². The van der Waals surface area contributed by atoms with E-state index >= 15 is 0 Å². The first kappa shape index (κ1) is 19.6. The van der Waals surface area contributed by atoms with Gasteiger partial charge in [-0.2, -0.15) is 13.2 Å². The molecule has 1 saturated carbocycles. The van der Waals surface area contributed by atoms with Gasteiger partial charge in [0.25, 0.3) is 5.91 Å². The highest BCUT2D eigenvalue weighted by atomic mass is 32.1. The summed E-state index contributed by atoms with van der Waals surface area (Å²) in [5.41, 5.74) is 1.24.